The van der Waals surface area contributed by atoms with E-state index in [0.717, 1.165) is 51.7 Å². The molecular formula is C28H35ClN2O3. The number of unbranched alkanes of at least 4 members (excludes halogenated alkanes) is 2. The zero-order chi connectivity index (χ0) is 24.5. The van der Waals surface area contributed by atoms with Crippen LogP contribution in [0.4, 0.5) is 0 Å². The second kappa shape index (κ2) is 12.7. The molecule has 1 saturated heterocycles. The molecule has 2 aromatic carbocycles. The van der Waals surface area contributed by atoms with Crippen molar-refractivity contribution < 1.29 is 14.7 Å². The maximum absolute atomic E-state index is 13.1. The molecule has 1 aliphatic rings. The lowest BCUT2D eigenvalue weighted by Gasteiger charge is -2.28. The van der Waals surface area contributed by atoms with E-state index in [0.29, 0.717) is 22.7 Å². The predicted molar refractivity (Wildman–Crippen MR) is 138 cm³/mol. The third-order valence-corrected chi connectivity index (χ3v) is 6.66. The molecule has 3 rings (SSSR count). The molecule has 0 aromatic heterocycles. The van der Waals surface area contributed by atoms with Gasteiger partial charge in [-0.15, -0.1) is 0 Å². The van der Waals surface area contributed by atoms with Gasteiger partial charge in [-0.3, -0.25) is 9.59 Å². The van der Waals surface area contributed by atoms with Gasteiger partial charge in [-0.05, 0) is 50.5 Å². The van der Waals surface area contributed by atoms with Crippen molar-refractivity contribution in [3.05, 3.63) is 76.3 Å². The second-order valence-electron chi connectivity index (χ2n) is 8.78. The van der Waals surface area contributed by atoms with Crippen LogP contribution >= 0.6 is 11.6 Å². The van der Waals surface area contributed by atoms with Gasteiger partial charge in [0.1, 0.15) is 5.76 Å². The van der Waals surface area contributed by atoms with Crippen LogP contribution in [-0.4, -0.2) is 52.8 Å². The van der Waals surface area contributed by atoms with Crippen molar-refractivity contribution >= 4 is 29.1 Å². The first-order valence-corrected chi connectivity index (χ1v) is 12.7. The van der Waals surface area contributed by atoms with Crippen molar-refractivity contribution in [2.24, 2.45) is 0 Å². The van der Waals surface area contributed by atoms with Crippen molar-refractivity contribution in [1.29, 1.82) is 0 Å². The van der Waals surface area contributed by atoms with Crippen molar-refractivity contribution in [1.82, 2.24) is 9.80 Å². The van der Waals surface area contributed by atoms with Gasteiger partial charge in [-0.1, -0.05) is 86.8 Å². The lowest BCUT2D eigenvalue weighted by molar-refractivity contribution is -0.140. The SMILES string of the molecule is CCCCN(CCCC)CCCN1C(=O)C(=O)C(=C(O)c2ccccc2)[C@H]1c1ccccc1Cl. The van der Waals surface area contributed by atoms with Crippen LogP contribution in [0.1, 0.15) is 63.1 Å². The van der Waals surface area contributed by atoms with Gasteiger partial charge >= 0.3 is 0 Å². The number of rotatable bonds is 12. The molecule has 1 aliphatic heterocycles. The fourth-order valence-corrected chi connectivity index (χ4v) is 4.68. The smallest absolute Gasteiger partial charge is 0.295 e. The lowest BCUT2D eigenvalue weighted by Crippen LogP contribution is -2.34. The molecule has 5 nitrogen and oxygen atoms in total. The van der Waals surface area contributed by atoms with Crippen molar-refractivity contribution in [2.75, 3.05) is 26.2 Å². The van der Waals surface area contributed by atoms with E-state index < -0.39 is 17.7 Å². The number of aliphatic hydroxyl groups is 1. The number of likely N-dealkylation sites (tertiary alicyclic amines) is 1. The first kappa shape index (κ1) is 26.0. The highest BCUT2D eigenvalue weighted by atomic mass is 35.5. The highest BCUT2D eigenvalue weighted by molar-refractivity contribution is 6.47. The van der Waals surface area contributed by atoms with Crippen molar-refractivity contribution in [3.63, 3.8) is 0 Å². The van der Waals surface area contributed by atoms with E-state index in [2.05, 4.69) is 18.7 Å². The molecule has 1 heterocycles. The van der Waals surface area contributed by atoms with E-state index in [-0.39, 0.29) is 11.3 Å². The van der Waals surface area contributed by atoms with Crippen LogP contribution in [-0.2, 0) is 9.59 Å². The van der Waals surface area contributed by atoms with Gasteiger partial charge in [0.05, 0.1) is 11.6 Å². The minimum Gasteiger partial charge on any atom is -0.507 e. The van der Waals surface area contributed by atoms with Gasteiger partial charge < -0.3 is 14.9 Å². The van der Waals surface area contributed by atoms with E-state index in [1.165, 1.54) is 0 Å². The summed E-state index contributed by atoms with van der Waals surface area (Å²) in [5.41, 5.74) is 1.25. The van der Waals surface area contributed by atoms with E-state index in [1.54, 1.807) is 35.2 Å². The Morgan fingerprint density at radius 1 is 0.912 bits per heavy atom. The quantitative estimate of drug-likeness (QED) is 0.227. The molecule has 1 amide bonds. The van der Waals surface area contributed by atoms with Gasteiger partial charge in [0.25, 0.3) is 11.7 Å². The number of halogens is 1. The fraction of sp³-hybridized carbons (Fsp3) is 0.429. The summed E-state index contributed by atoms with van der Waals surface area (Å²) in [6.07, 6.45) is 5.31. The summed E-state index contributed by atoms with van der Waals surface area (Å²) in [6.45, 7) is 7.73. The largest absolute Gasteiger partial charge is 0.507 e. The van der Waals surface area contributed by atoms with Gasteiger partial charge in [0.2, 0.25) is 0 Å². The van der Waals surface area contributed by atoms with Crippen molar-refractivity contribution in [2.45, 2.75) is 52.0 Å². The minimum absolute atomic E-state index is 0.0955. The van der Waals surface area contributed by atoms with Crippen LogP contribution in [0.15, 0.2) is 60.2 Å². The standard InChI is InChI=1S/C28H35ClN2O3/c1-3-5-17-30(18-6-4-2)19-12-20-31-25(22-15-10-11-16-23(22)29)24(27(33)28(31)34)26(32)21-13-8-7-9-14-21/h7-11,13-16,25,32H,3-6,12,17-20H2,1-2H3/t25-/m1/s1. The van der Waals surface area contributed by atoms with Crippen LogP contribution < -0.4 is 0 Å². The summed E-state index contributed by atoms with van der Waals surface area (Å²) in [5, 5.41) is 11.5. The molecule has 0 saturated carbocycles. The summed E-state index contributed by atoms with van der Waals surface area (Å²) in [5.74, 6) is -1.42. The van der Waals surface area contributed by atoms with E-state index in [9.17, 15) is 14.7 Å². The molecule has 1 fully saturated rings. The molecule has 0 bridgehead atoms. The molecule has 0 unspecified atom stereocenters. The van der Waals surface area contributed by atoms with Crippen LogP contribution in [0.3, 0.4) is 0 Å². The molecule has 2 aromatic rings. The Hall–Kier alpha value is -2.63. The lowest BCUT2D eigenvalue weighted by atomic mass is 9.95. The number of amides is 1. The average molecular weight is 483 g/mol. The maximum Gasteiger partial charge on any atom is 0.295 e. The number of nitrogens with zero attached hydrogens (tertiary/aromatic N) is 2. The number of benzene rings is 2. The highest BCUT2D eigenvalue weighted by Gasteiger charge is 2.46. The van der Waals surface area contributed by atoms with Gasteiger partial charge in [0.15, 0.2) is 0 Å². The summed E-state index contributed by atoms with van der Waals surface area (Å²) < 4.78 is 0. The summed E-state index contributed by atoms with van der Waals surface area (Å²) in [6, 6.07) is 15.4. The number of carbonyl (C=O) groups is 2. The number of Topliss-reactive ketones (excluding diaryl/α,β-unsaturated/α-hetero) is 1. The van der Waals surface area contributed by atoms with Crippen LogP contribution in [0.5, 0.6) is 0 Å². The first-order chi connectivity index (χ1) is 16.5. The summed E-state index contributed by atoms with van der Waals surface area (Å²) in [7, 11) is 0. The molecule has 1 N–H and O–H groups in total. The Bertz CT molecular complexity index is 998. The fourth-order valence-electron chi connectivity index (χ4n) is 4.45. The van der Waals surface area contributed by atoms with E-state index in [4.69, 9.17) is 11.6 Å². The number of hydrogen-bond donors (Lipinski definition) is 1. The number of aliphatic hydroxyl groups excluding tert-OH is 1. The number of ketones is 1. The van der Waals surface area contributed by atoms with Crippen LogP contribution in [0.2, 0.25) is 5.02 Å². The summed E-state index contributed by atoms with van der Waals surface area (Å²) in [4.78, 5) is 30.3. The molecule has 6 heteroatoms. The minimum atomic E-state index is -0.714. The Morgan fingerprint density at radius 2 is 1.50 bits per heavy atom. The number of carbonyl (C=O) groups excluding carboxylic acids is 2. The highest BCUT2D eigenvalue weighted by Crippen LogP contribution is 2.41. The molecule has 1 atom stereocenters. The molecular weight excluding hydrogens is 448 g/mol. The molecule has 0 radical (unpaired) electrons. The van der Waals surface area contributed by atoms with Gasteiger partial charge in [-0.2, -0.15) is 0 Å². The zero-order valence-corrected chi connectivity index (χ0v) is 20.9. The Balaban J connectivity index is 1.90. The maximum atomic E-state index is 13.1. The molecule has 0 spiro atoms. The third-order valence-electron chi connectivity index (χ3n) is 6.32. The molecule has 182 valence electrons. The van der Waals surface area contributed by atoms with Crippen molar-refractivity contribution in [3.8, 4) is 0 Å². The van der Waals surface area contributed by atoms with Crippen LogP contribution in [0, 0.1) is 0 Å². The third kappa shape index (κ3) is 6.08. The van der Waals surface area contributed by atoms with Gasteiger partial charge in [-0.25, -0.2) is 0 Å². The van der Waals surface area contributed by atoms with Crippen LogP contribution in [0.25, 0.3) is 5.76 Å². The van der Waals surface area contributed by atoms with E-state index in [1.807, 2.05) is 24.3 Å². The Kier molecular flexibility index (Phi) is 9.73. The van der Waals surface area contributed by atoms with E-state index >= 15 is 0 Å². The Labute approximate surface area is 208 Å². The van der Waals surface area contributed by atoms with Gasteiger partial charge in [0, 0.05) is 17.1 Å². The second-order valence-corrected chi connectivity index (χ2v) is 9.19. The predicted octanol–water partition coefficient (Wildman–Crippen LogP) is 6.05. The number of hydrogen-bond acceptors (Lipinski definition) is 4. The summed E-state index contributed by atoms with van der Waals surface area (Å²) >= 11 is 6.52. The Morgan fingerprint density at radius 3 is 2.12 bits per heavy atom. The topological polar surface area (TPSA) is 60.9 Å². The first-order valence-electron chi connectivity index (χ1n) is 12.3. The molecule has 34 heavy (non-hydrogen) atoms. The zero-order valence-electron chi connectivity index (χ0n) is 20.2. The average Bonchev–Trinajstić information content (AvgIpc) is 3.10. The molecule has 0 aliphatic carbocycles. The normalized spacial score (nSPS) is 17.6. The monoisotopic (exact) mass is 482 g/mol.